The second kappa shape index (κ2) is 18.5. The number of alkyl carbamates (subject to hydrolysis) is 1. The number of benzene rings is 1. The van der Waals surface area contributed by atoms with E-state index in [1.807, 2.05) is 49.6 Å². The number of hydrogen-bond acceptors (Lipinski definition) is 8. The van der Waals surface area contributed by atoms with Crippen LogP contribution in [-0.2, 0) is 29.1 Å². The summed E-state index contributed by atoms with van der Waals surface area (Å²) in [5, 5.41) is 12.2. The van der Waals surface area contributed by atoms with Gasteiger partial charge in [0.2, 0.25) is 5.91 Å². The standard InChI is InChI=1S/C33H48N6O4S2/c1-7-11-25(14-15-26(16-24-12-9-8-10-13-24)38-33(42)43-19-28-18-34-21-45-28)36-30(40)29(22(2)3)39(6)32(41)35-17-27-20-44-31(37-27)23(4)5/h8-10,12-13,18,20-23,25-26,29H,7,11,14-17,19H2,1-6H3,(H,35,41)(H,36,40)(H,38,42). The maximum Gasteiger partial charge on any atom is 0.407 e. The van der Waals surface area contributed by atoms with Crippen LogP contribution in [0.25, 0.3) is 0 Å². The van der Waals surface area contributed by atoms with Crippen molar-refractivity contribution in [2.24, 2.45) is 5.92 Å². The number of nitrogens with zero attached hydrogens (tertiary/aromatic N) is 3. The Kier molecular flexibility index (Phi) is 14.8. The predicted octanol–water partition coefficient (Wildman–Crippen LogP) is 6.49. The summed E-state index contributed by atoms with van der Waals surface area (Å²) < 4.78 is 5.44. The van der Waals surface area contributed by atoms with Crippen LogP contribution in [0.1, 0.15) is 87.4 Å². The summed E-state index contributed by atoms with van der Waals surface area (Å²) in [5.74, 6) is 0.0450. The van der Waals surface area contributed by atoms with Gasteiger partial charge in [-0.1, -0.05) is 71.4 Å². The molecule has 0 spiro atoms. The topological polar surface area (TPSA) is 126 Å². The summed E-state index contributed by atoms with van der Waals surface area (Å²) >= 11 is 3.02. The van der Waals surface area contributed by atoms with Crippen molar-refractivity contribution in [3.05, 3.63) is 68.6 Å². The molecule has 45 heavy (non-hydrogen) atoms. The highest BCUT2D eigenvalue weighted by Crippen LogP contribution is 2.20. The lowest BCUT2D eigenvalue weighted by Gasteiger charge is -2.32. The van der Waals surface area contributed by atoms with Gasteiger partial charge in [0.15, 0.2) is 0 Å². The maximum atomic E-state index is 13.6. The fourth-order valence-corrected chi connectivity index (χ4v) is 6.46. The Morgan fingerprint density at radius 2 is 1.71 bits per heavy atom. The van der Waals surface area contributed by atoms with Crippen LogP contribution in [0.3, 0.4) is 0 Å². The molecule has 4 amide bonds. The van der Waals surface area contributed by atoms with Gasteiger partial charge in [0.25, 0.3) is 0 Å². The first kappa shape index (κ1) is 36.0. The Morgan fingerprint density at radius 3 is 2.33 bits per heavy atom. The Labute approximate surface area is 275 Å². The van der Waals surface area contributed by atoms with Crippen LogP contribution in [0, 0.1) is 5.92 Å². The fraction of sp³-hybridized carbons (Fsp3) is 0.545. The molecule has 0 saturated carbocycles. The van der Waals surface area contributed by atoms with Crippen molar-refractivity contribution in [3.63, 3.8) is 0 Å². The first-order chi connectivity index (χ1) is 21.6. The molecule has 12 heteroatoms. The van der Waals surface area contributed by atoms with Gasteiger partial charge in [0.1, 0.15) is 12.6 Å². The number of rotatable bonds is 17. The minimum Gasteiger partial charge on any atom is -0.444 e. The number of nitrogens with one attached hydrogen (secondary N) is 3. The number of likely N-dealkylation sites (N-methyl/N-ethyl adjacent to an activating group) is 1. The van der Waals surface area contributed by atoms with E-state index < -0.39 is 12.1 Å². The third kappa shape index (κ3) is 12.1. The van der Waals surface area contributed by atoms with Gasteiger partial charge in [-0.2, -0.15) is 0 Å². The lowest BCUT2D eigenvalue weighted by molar-refractivity contribution is -0.127. The average Bonchev–Trinajstić information content (AvgIpc) is 3.71. The zero-order valence-electron chi connectivity index (χ0n) is 27.2. The van der Waals surface area contributed by atoms with E-state index in [0.29, 0.717) is 31.7 Å². The van der Waals surface area contributed by atoms with Gasteiger partial charge < -0.3 is 25.6 Å². The third-order valence-corrected chi connectivity index (χ3v) is 9.39. The number of hydrogen-bond donors (Lipinski definition) is 3. The van der Waals surface area contributed by atoms with E-state index in [9.17, 15) is 14.4 Å². The molecule has 246 valence electrons. The summed E-state index contributed by atoms with van der Waals surface area (Å²) in [7, 11) is 1.66. The van der Waals surface area contributed by atoms with Crippen LogP contribution in [0.5, 0.6) is 0 Å². The van der Waals surface area contributed by atoms with Crippen molar-refractivity contribution in [1.82, 2.24) is 30.8 Å². The SMILES string of the molecule is CCCC(CCC(Cc1ccccc1)NC(=O)OCc1cncs1)NC(=O)C(C(C)C)N(C)C(=O)NCc1csc(C(C)C)n1. The first-order valence-electron chi connectivity index (χ1n) is 15.7. The number of thiazole rings is 2. The summed E-state index contributed by atoms with van der Waals surface area (Å²) in [6.07, 6.45) is 4.81. The number of carbonyl (C=O) groups is 3. The number of urea groups is 1. The highest BCUT2D eigenvalue weighted by atomic mass is 32.1. The van der Waals surface area contributed by atoms with Crippen molar-refractivity contribution in [1.29, 1.82) is 0 Å². The molecule has 0 fully saturated rings. The highest BCUT2D eigenvalue weighted by Gasteiger charge is 2.31. The summed E-state index contributed by atoms with van der Waals surface area (Å²) in [6, 6.07) is 8.73. The molecule has 2 aromatic heterocycles. The van der Waals surface area contributed by atoms with Crippen LogP contribution in [0.15, 0.2) is 47.4 Å². The van der Waals surface area contributed by atoms with Gasteiger partial charge in [-0.05, 0) is 37.2 Å². The molecule has 10 nitrogen and oxygen atoms in total. The Morgan fingerprint density at radius 1 is 0.978 bits per heavy atom. The molecule has 0 aliphatic heterocycles. The summed E-state index contributed by atoms with van der Waals surface area (Å²) in [4.78, 5) is 50.4. The molecule has 0 aliphatic rings. The van der Waals surface area contributed by atoms with Crippen molar-refractivity contribution in [3.8, 4) is 0 Å². The van der Waals surface area contributed by atoms with Gasteiger partial charge in [-0.3, -0.25) is 9.78 Å². The Balaban J connectivity index is 1.60. The van der Waals surface area contributed by atoms with E-state index in [0.717, 1.165) is 34.0 Å². The molecular formula is C33H48N6O4S2. The van der Waals surface area contributed by atoms with E-state index in [-0.39, 0.29) is 36.5 Å². The van der Waals surface area contributed by atoms with Crippen LogP contribution in [-0.4, -0.2) is 58.1 Å². The lowest BCUT2D eigenvalue weighted by Crippen LogP contribution is -2.55. The zero-order valence-corrected chi connectivity index (χ0v) is 28.9. The van der Waals surface area contributed by atoms with Crippen molar-refractivity contribution >= 4 is 40.7 Å². The molecular weight excluding hydrogens is 609 g/mol. The largest absolute Gasteiger partial charge is 0.444 e. The number of carbonyl (C=O) groups excluding carboxylic acids is 3. The molecule has 0 aliphatic carbocycles. The molecule has 3 aromatic rings. The van der Waals surface area contributed by atoms with E-state index in [4.69, 9.17) is 4.74 Å². The van der Waals surface area contributed by atoms with Crippen LogP contribution < -0.4 is 16.0 Å². The zero-order chi connectivity index (χ0) is 32.8. The molecule has 0 saturated heterocycles. The monoisotopic (exact) mass is 656 g/mol. The van der Waals surface area contributed by atoms with Crippen molar-refractivity contribution in [2.45, 2.75) is 104 Å². The molecule has 1 aromatic carbocycles. The second-order valence-electron chi connectivity index (χ2n) is 11.9. The third-order valence-electron chi connectivity index (χ3n) is 7.44. The second-order valence-corrected chi connectivity index (χ2v) is 13.8. The van der Waals surface area contributed by atoms with Crippen LogP contribution in [0.4, 0.5) is 9.59 Å². The van der Waals surface area contributed by atoms with E-state index >= 15 is 0 Å². The number of amides is 4. The predicted molar refractivity (Wildman–Crippen MR) is 180 cm³/mol. The minimum absolute atomic E-state index is 0.101. The molecule has 3 N–H and O–H groups in total. The molecule has 3 unspecified atom stereocenters. The van der Waals surface area contributed by atoms with Crippen molar-refractivity contribution in [2.75, 3.05) is 7.05 Å². The maximum absolute atomic E-state index is 13.6. The van der Waals surface area contributed by atoms with E-state index in [1.54, 1.807) is 30.1 Å². The Hall–Kier alpha value is -3.51. The highest BCUT2D eigenvalue weighted by molar-refractivity contribution is 7.09. The number of aromatic nitrogens is 2. The molecule has 0 bridgehead atoms. The van der Waals surface area contributed by atoms with Gasteiger partial charge in [0, 0.05) is 36.6 Å². The fourth-order valence-electron chi connectivity index (χ4n) is 5.12. The average molecular weight is 657 g/mol. The minimum atomic E-state index is -0.647. The van der Waals surface area contributed by atoms with Gasteiger partial charge in [-0.15, -0.1) is 22.7 Å². The Bertz CT molecular complexity index is 1320. The molecule has 0 radical (unpaired) electrons. The molecule has 3 atom stereocenters. The first-order valence-corrected chi connectivity index (χ1v) is 17.4. The van der Waals surface area contributed by atoms with Crippen molar-refractivity contribution < 1.29 is 19.1 Å². The quantitative estimate of drug-likeness (QED) is 0.153. The van der Waals surface area contributed by atoms with E-state index in [1.165, 1.54) is 16.2 Å². The van der Waals surface area contributed by atoms with Gasteiger partial charge in [0.05, 0.1) is 27.6 Å². The van der Waals surface area contributed by atoms with Gasteiger partial charge in [-0.25, -0.2) is 14.6 Å². The summed E-state index contributed by atoms with van der Waals surface area (Å²) in [6.45, 7) is 10.6. The van der Waals surface area contributed by atoms with Gasteiger partial charge >= 0.3 is 12.1 Å². The molecule has 3 rings (SSSR count). The molecule has 2 heterocycles. The van der Waals surface area contributed by atoms with Crippen LogP contribution in [0.2, 0.25) is 0 Å². The smallest absolute Gasteiger partial charge is 0.407 e. The number of ether oxygens (including phenoxy) is 1. The van der Waals surface area contributed by atoms with Crippen LogP contribution >= 0.6 is 22.7 Å². The summed E-state index contributed by atoms with van der Waals surface area (Å²) in [5.41, 5.74) is 3.62. The lowest BCUT2D eigenvalue weighted by atomic mass is 9.96. The normalized spacial score (nSPS) is 13.2. The van der Waals surface area contributed by atoms with E-state index in [2.05, 4.69) is 46.7 Å².